The average Bonchev–Trinajstić information content (AvgIpc) is 2.42. The highest BCUT2D eigenvalue weighted by atomic mass is 15.2. The number of hydrogen-bond acceptors (Lipinski definition) is 3. The van der Waals surface area contributed by atoms with E-state index < -0.39 is 0 Å². The van der Waals surface area contributed by atoms with Gasteiger partial charge in [0, 0.05) is 42.8 Å². The molecule has 2 atom stereocenters. The molecule has 3 heteroatoms. The SMILES string of the molecule is CC(C)CNCc1cnccc1N1CCCC(C)C1C. The van der Waals surface area contributed by atoms with E-state index in [2.05, 4.69) is 49.0 Å². The Morgan fingerprint density at radius 3 is 2.95 bits per heavy atom. The summed E-state index contributed by atoms with van der Waals surface area (Å²) in [6.07, 6.45) is 6.60. The summed E-state index contributed by atoms with van der Waals surface area (Å²) in [7, 11) is 0. The van der Waals surface area contributed by atoms with Crippen molar-refractivity contribution in [2.24, 2.45) is 11.8 Å². The molecule has 1 aliphatic heterocycles. The smallest absolute Gasteiger partial charge is 0.0445 e. The Balaban J connectivity index is 2.10. The highest BCUT2D eigenvalue weighted by Gasteiger charge is 2.26. The van der Waals surface area contributed by atoms with E-state index in [9.17, 15) is 0 Å². The van der Waals surface area contributed by atoms with E-state index in [4.69, 9.17) is 0 Å². The summed E-state index contributed by atoms with van der Waals surface area (Å²) in [6.45, 7) is 12.4. The van der Waals surface area contributed by atoms with Crippen molar-refractivity contribution in [3.63, 3.8) is 0 Å². The lowest BCUT2D eigenvalue weighted by molar-refractivity contribution is 0.362. The number of piperidine rings is 1. The summed E-state index contributed by atoms with van der Waals surface area (Å²) < 4.78 is 0. The van der Waals surface area contributed by atoms with Crippen molar-refractivity contribution in [2.75, 3.05) is 18.0 Å². The van der Waals surface area contributed by atoms with Gasteiger partial charge in [0.2, 0.25) is 0 Å². The molecule has 1 aliphatic rings. The molecule has 0 amide bonds. The molecule has 112 valence electrons. The molecule has 20 heavy (non-hydrogen) atoms. The number of anilines is 1. The lowest BCUT2D eigenvalue weighted by Crippen LogP contribution is -2.43. The van der Waals surface area contributed by atoms with Crippen LogP contribution in [0.5, 0.6) is 0 Å². The summed E-state index contributed by atoms with van der Waals surface area (Å²) in [5.74, 6) is 1.46. The van der Waals surface area contributed by atoms with Crippen LogP contribution in [-0.4, -0.2) is 24.1 Å². The Morgan fingerprint density at radius 1 is 1.40 bits per heavy atom. The number of rotatable bonds is 5. The minimum absolute atomic E-state index is 0.620. The molecule has 0 saturated carbocycles. The zero-order valence-corrected chi connectivity index (χ0v) is 13.4. The predicted molar refractivity (Wildman–Crippen MR) is 86.0 cm³/mol. The van der Waals surface area contributed by atoms with E-state index in [1.54, 1.807) is 0 Å². The zero-order valence-electron chi connectivity index (χ0n) is 13.4. The fourth-order valence-electron chi connectivity index (χ4n) is 3.01. The highest BCUT2D eigenvalue weighted by Crippen LogP contribution is 2.30. The van der Waals surface area contributed by atoms with Crippen LogP contribution in [0, 0.1) is 11.8 Å². The second-order valence-corrected chi connectivity index (χ2v) is 6.58. The van der Waals surface area contributed by atoms with Gasteiger partial charge in [-0.2, -0.15) is 0 Å². The van der Waals surface area contributed by atoms with Crippen molar-refractivity contribution in [1.82, 2.24) is 10.3 Å². The Morgan fingerprint density at radius 2 is 2.20 bits per heavy atom. The molecule has 0 aromatic carbocycles. The van der Waals surface area contributed by atoms with Gasteiger partial charge in [0.15, 0.2) is 0 Å². The largest absolute Gasteiger partial charge is 0.368 e. The predicted octanol–water partition coefficient (Wildman–Crippen LogP) is 3.45. The second-order valence-electron chi connectivity index (χ2n) is 6.58. The van der Waals surface area contributed by atoms with Gasteiger partial charge in [0.25, 0.3) is 0 Å². The number of nitrogens with one attached hydrogen (secondary N) is 1. The maximum atomic E-state index is 4.32. The Bertz CT molecular complexity index is 416. The topological polar surface area (TPSA) is 28.2 Å². The molecule has 3 nitrogen and oxygen atoms in total. The van der Waals surface area contributed by atoms with Crippen LogP contribution in [-0.2, 0) is 6.54 Å². The van der Waals surface area contributed by atoms with Crippen LogP contribution in [0.1, 0.15) is 46.1 Å². The van der Waals surface area contributed by atoms with Crippen molar-refractivity contribution in [1.29, 1.82) is 0 Å². The van der Waals surface area contributed by atoms with Crippen LogP contribution in [0.15, 0.2) is 18.5 Å². The van der Waals surface area contributed by atoms with Gasteiger partial charge < -0.3 is 10.2 Å². The first kappa shape index (κ1) is 15.3. The summed E-state index contributed by atoms with van der Waals surface area (Å²) in [6, 6.07) is 2.80. The third-order valence-electron chi connectivity index (χ3n) is 4.43. The Hall–Kier alpha value is -1.09. The van der Waals surface area contributed by atoms with Gasteiger partial charge in [-0.05, 0) is 44.2 Å². The molecule has 1 N–H and O–H groups in total. The van der Waals surface area contributed by atoms with Crippen molar-refractivity contribution in [3.05, 3.63) is 24.0 Å². The number of hydrogen-bond donors (Lipinski definition) is 1. The van der Waals surface area contributed by atoms with Crippen LogP contribution in [0.4, 0.5) is 5.69 Å². The molecule has 0 spiro atoms. The zero-order chi connectivity index (χ0) is 14.5. The fraction of sp³-hybridized carbons (Fsp3) is 0.706. The quantitative estimate of drug-likeness (QED) is 0.892. The molecular formula is C17H29N3. The summed E-state index contributed by atoms with van der Waals surface area (Å²) in [5, 5.41) is 3.54. The standard InChI is InChI=1S/C17H29N3/c1-13(2)10-19-12-16-11-18-8-7-17(16)20-9-5-6-14(3)15(20)4/h7-8,11,13-15,19H,5-6,9-10,12H2,1-4H3. The molecule has 2 heterocycles. The monoisotopic (exact) mass is 275 g/mol. The van der Waals surface area contributed by atoms with Gasteiger partial charge in [-0.15, -0.1) is 0 Å². The first-order valence-electron chi connectivity index (χ1n) is 8.00. The van der Waals surface area contributed by atoms with Crippen molar-refractivity contribution in [2.45, 2.75) is 53.1 Å². The van der Waals surface area contributed by atoms with Crippen LogP contribution in [0.3, 0.4) is 0 Å². The van der Waals surface area contributed by atoms with E-state index in [1.807, 2.05) is 12.4 Å². The van der Waals surface area contributed by atoms with E-state index in [-0.39, 0.29) is 0 Å². The van der Waals surface area contributed by atoms with E-state index in [0.717, 1.165) is 19.0 Å². The van der Waals surface area contributed by atoms with Gasteiger partial charge >= 0.3 is 0 Å². The summed E-state index contributed by atoms with van der Waals surface area (Å²) >= 11 is 0. The Labute approximate surface area is 123 Å². The molecule has 1 fully saturated rings. The lowest BCUT2D eigenvalue weighted by Gasteiger charge is -2.40. The van der Waals surface area contributed by atoms with Gasteiger partial charge in [0.05, 0.1) is 0 Å². The molecule has 0 radical (unpaired) electrons. The van der Waals surface area contributed by atoms with Gasteiger partial charge in [0.1, 0.15) is 0 Å². The summed E-state index contributed by atoms with van der Waals surface area (Å²) in [5.41, 5.74) is 2.70. The third kappa shape index (κ3) is 3.72. The maximum Gasteiger partial charge on any atom is 0.0445 e. The highest BCUT2D eigenvalue weighted by molar-refractivity contribution is 5.53. The van der Waals surface area contributed by atoms with Crippen LogP contribution < -0.4 is 10.2 Å². The fourth-order valence-corrected chi connectivity index (χ4v) is 3.01. The Kier molecular flexibility index (Phi) is 5.41. The normalized spacial score (nSPS) is 23.4. The van der Waals surface area contributed by atoms with Crippen LogP contribution in [0.25, 0.3) is 0 Å². The minimum atomic E-state index is 0.620. The van der Waals surface area contributed by atoms with Crippen molar-refractivity contribution < 1.29 is 0 Å². The third-order valence-corrected chi connectivity index (χ3v) is 4.43. The molecule has 2 unspecified atom stereocenters. The minimum Gasteiger partial charge on any atom is -0.368 e. The van der Waals surface area contributed by atoms with Gasteiger partial charge in [-0.25, -0.2) is 0 Å². The molecule has 0 aliphatic carbocycles. The number of aromatic nitrogens is 1. The first-order valence-corrected chi connectivity index (χ1v) is 8.00. The molecular weight excluding hydrogens is 246 g/mol. The van der Waals surface area contributed by atoms with Crippen LogP contribution >= 0.6 is 0 Å². The van der Waals surface area contributed by atoms with Gasteiger partial charge in [-0.3, -0.25) is 4.98 Å². The molecule has 2 rings (SSSR count). The van der Waals surface area contributed by atoms with Crippen molar-refractivity contribution >= 4 is 5.69 Å². The first-order chi connectivity index (χ1) is 9.59. The molecule has 1 saturated heterocycles. The molecule has 0 bridgehead atoms. The molecule has 1 aromatic rings. The van der Waals surface area contributed by atoms with E-state index in [0.29, 0.717) is 12.0 Å². The summed E-state index contributed by atoms with van der Waals surface area (Å²) in [4.78, 5) is 6.89. The van der Waals surface area contributed by atoms with E-state index >= 15 is 0 Å². The average molecular weight is 275 g/mol. The molecule has 1 aromatic heterocycles. The van der Waals surface area contributed by atoms with Crippen LogP contribution in [0.2, 0.25) is 0 Å². The number of nitrogens with zero attached hydrogens (tertiary/aromatic N) is 2. The second kappa shape index (κ2) is 7.07. The lowest BCUT2D eigenvalue weighted by atomic mass is 9.91. The van der Waals surface area contributed by atoms with Crippen molar-refractivity contribution in [3.8, 4) is 0 Å². The van der Waals surface area contributed by atoms with E-state index in [1.165, 1.54) is 30.6 Å². The van der Waals surface area contributed by atoms with Gasteiger partial charge in [-0.1, -0.05) is 20.8 Å². The maximum absolute atomic E-state index is 4.32. The number of pyridine rings is 1.